The zero-order chi connectivity index (χ0) is 48.6. The molecule has 0 radical (unpaired) electrons. The summed E-state index contributed by atoms with van der Waals surface area (Å²) < 4.78 is 16.6. The third-order valence-corrected chi connectivity index (χ3v) is 9.39. The highest BCUT2D eigenvalue weighted by atomic mass is 16.6. The van der Waals surface area contributed by atoms with E-state index in [1.54, 1.807) is 0 Å². The Labute approximate surface area is 407 Å². The van der Waals surface area contributed by atoms with Crippen molar-refractivity contribution in [2.45, 2.75) is 155 Å². The number of unbranched alkanes of at least 4 members (excludes halogenated alkanes) is 8. The molecule has 0 amide bonds. The van der Waals surface area contributed by atoms with Crippen LogP contribution in [0.25, 0.3) is 0 Å². The molecule has 67 heavy (non-hydrogen) atoms. The summed E-state index contributed by atoms with van der Waals surface area (Å²) >= 11 is 0. The molecule has 0 rings (SSSR count). The molecule has 0 saturated carbocycles. The van der Waals surface area contributed by atoms with Gasteiger partial charge in [-0.3, -0.25) is 14.4 Å². The Morgan fingerprint density at radius 2 is 0.657 bits per heavy atom. The standard InChI is InChI=1S/C61H86O6/c1-4-7-10-13-16-19-22-25-27-29-30-32-33-36-39-42-45-48-51-54-60(63)66-57-58(56-65-59(62)53-50-47-44-41-38-35-24-21-18-15-12-9-6-3)67-61(64)55-52-49-46-43-40-37-34-31-28-26-23-20-17-14-11-8-5-2/h7,9-10,12-13,15-22,24-30,32-39,41,43-44,46,58H,4-6,8,11,14,23,31,40,42,45,47-57H2,1-3H3/b10-7-,12-9-,16-13-,18-15-,20-17-,22-19-,24-21-,27-25-,28-26-,30-29+,33-32-,37-34-,38-35-,39-36-,44-41-,46-43-. The minimum absolute atomic E-state index is 0.159. The predicted molar refractivity (Wildman–Crippen MR) is 287 cm³/mol. The largest absolute Gasteiger partial charge is 0.462 e. The molecule has 6 nitrogen and oxygen atoms in total. The fourth-order valence-corrected chi connectivity index (χ4v) is 5.68. The average molecular weight is 915 g/mol. The summed E-state index contributed by atoms with van der Waals surface area (Å²) in [5.41, 5.74) is 0. The van der Waals surface area contributed by atoms with Crippen molar-refractivity contribution in [1.82, 2.24) is 0 Å². The van der Waals surface area contributed by atoms with Crippen LogP contribution < -0.4 is 0 Å². The van der Waals surface area contributed by atoms with Crippen molar-refractivity contribution in [2.24, 2.45) is 0 Å². The van der Waals surface area contributed by atoms with E-state index in [0.717, 1.165) is 64.2 Å². The van der Waals surface area contributed by atoms with E-state index in [4.69, 9.17) is 14.2 Å². The van der Waals surface area contributed by atoms with Gasteiger partial charge in [0.25, 0.3) is 0 Å². The van der Waals surface area contributed by atoms with Gasteiger partial charge in [-0.2, -0.15) is 0 Å². The summed E-state index contributed by atoms with van der Waals surface area (Å²) in [7, 11) is 0. The van der Waals surface area contributed by atoms with Crippen molar-refractivity contribution in [3.05, 3.63) is 194 Å². The highest BCUT2D eigenvalue weighted by molar-refractivity contribution is 5.71. The first-order valence-electron chi connectivity index (χ1n) is 25.1. The van der Waals surface area contributed by atoms with Gasteiger partial charge in [-0.15, -0.1) is 0 Å². The van der Waals surface area contributed by atoms with Crippen LogP contribution in [0.2, 0.25) is 0 Å². The molecule has 0 spiro atoms. The molecule has 0 heterocycles. The van der Waals surface area contributed by atoms with Gasteiger partial charge in [-0.1, -0.05) is 234 Å². The number of rotatable bonds is 41. The average Bonchev–Trinajstić information content (AvgIpc) is 3.33. The van der Waals surface area contributed by atoms with Crippen molar-refractivity contribution in [3.63, 3.8) is 0 Å². The van der Waals surface area contributed by atoms with Gasteiger partial charge in [0.1, 0.15) is 13.2 Å². The van der Waals surface area contributed by atoms with Crippen molar-refractivity contribution < 1.29 is 28.6 Å². The van der Waals surface area contributed by atoms with Gasteiger partial charge in [0.2, 0.25) is 0 Å². The Balaban J connectivity index is 4.73. The lowest BCUT2D eigenvalue weighted by atomic mass is 10.1. The third-order valence-electron chi connectivity index (χ3n) is 9.39. The molecule has 0 aliphatic carbocycles. The number of carbonyl (C=O) groups excluding carboxylic acids is 3. The molecule has 0 aliphatic heterocycles. The zero-order valence-electron chi connectivity index (χ0n) is 41.6. The first kappa shape index (κ1) is 61.2. The van der Waals surface area contributed by atoms with E-state index in [-0.39, 0.29) is 44.4 Å². The molecule has 0 saturated heterocycles. The molecule has 0 fully saturated rings. The summed E-state index contributed by atoms with van der Waals surface area (Å²) in [4.78, 5) is 37.9. The van der Waals surface area contributed by atoms with Crippen molar-refractivity contribution in [3.8, 4) is 0 Å². The van der Waals surface area contributed by atoms with E-state index in [1.807, 2.05) is 128 Å². The highest BCUT2D eigenvalue weighted by Gasteiger charge is 2.19. The zero-order valence-corrected chi connectivity index (χ0v) is 41.6. The van der Waals surface area contributed by atoms with E-state index < -0.39 is 12.1 Å². The van der Waals surface area contributed by atoms with Crippen LogP contribution in [-0.2, 0) is 28.6 Å². The summed E-state index contributed by atoms with van der Waals surface area (Å²) in [6, 6.07) is 0. The highest BCUT2D eigenvalue weighted by Crippen LogP contribution is 2.09. The number of allylic oxidation sites excluding steroid dienone is 32. The molecule has 0 aromatic rings. The van der Waals surface area contributed by atoms with E-state index in [0.29, 0.717) is 19.3 Å². The van der Waals surface area contributed by atoms with Gasteiger partial charge in [0.15, 0.2) is 6.10 Å². The van der Waals surface area contributed by atoms with Crippen LogP contribution in [0.3, 0.4) is 0 Å². The Morgan fingerprint density at radius 1 is 0.328 bits per heavy atom. The Kier molecular flexibility index (Phi) is 48.3. The van der Waals surface area contributed by atoms with Crippen LogP contribution in [0.4, 0.5) is 0 Å². The second-order valence-electron chi connectivity index (χ2n) is 15.6. The summed E-state index contributed by atoms with van der Waals surface area (Å²) in [5, 5.41) is 0. The molecule has 0 N–H and O–H groups in total. The fraction of sp³-hybridized carbons (Fsp3) is 0.426. The number of hydrogen-bond donors (Lipinski definition) is 0. The number of ether oxygens (including phenoxy) is 3. The molecule has 366 valence electrons. The molecule has 0 bridgehead atoms. The van der Waals surface area contributed by atoms with Crippen LogP contribution in [0.15, 0.2) is 194 Å². The SMILES string of the molecule is CC\C=C/C=C\C=C/C=C\C=C/CCCC(=O)OCC(COC(=O)CCCCC\C=C/C=C\C=C\C=C/C=C\C=C/C=C\CC)OC(=O)CCC/C=C\C/C=C\C/C=C\C/C=C\CCCCC. The molecular weight excluding hydrogens is 829 g/mol. The van der Waals surface area contributed by atoms with Crippen LogP contribution in [0, 0.1) is 0 Å². The van der Waals surface area contributed by atoms with E-state index in [1.165, 1.54) is 25.7 Å². The molecule has 0 aromatic carbocycles. The Morgan fingerprint density at radius 3 is 1.09 bits per heavy atom. The van der Waals surface area contributed by atoms with Gasteiger partial charge in [-0.25, -0.2) is 0 Å². The number of esters is 3. The lowest BCUT2D eigenvalue weighted by molar-refractivity contribution is -0.167. The second-order valence-corrected chi connectivity index (χ2v) is 15.6. The molecule has 6 heteroatoms. The van der Waals surface area contributed by atoms with Gasteiger partial charge in [-0.05, 0) is 89.9 Å². The van der Waals surface area contributed by atoms with E-state index in [9.17, 15) is 14.4 Å². The number of carbonyl (C=O) groups is 3. The lowest BCUT2D eigenvalue weighted by Gasteiger charge is -2.18. The van der Waals surface area contributed by atoms with Crippen molar-refractivity contribution in [2.75, 3.05) is 13.2 Å². The summed E-state index contributed by atoms with van der Waals surface area (Å²) in [6.07, 6.45) is 81.3. The maximum Gasteiger partial charge on any atom is 0.306 e. The smallest absolute Gasteiger partial charge is 0.306 e. The second kappa shape index (κ2) is 52.9. The minimum atomic E-state index is -0.867. The molecule has 0 aromatic heterocycles. The summed E-state index contributed by atoms with van der Waals surface area (Å²) in [6.45, 7) is 6.12. The Hall–Kier alpha value is -5.75. The monoisotopic (exact) mass is 915 g/mol. The summed E-state index contributed by atoms with van der Waals surface area (Å²) in [5.74, 6) is -1.15. The molecule has 1 unspecified atom stereocenters. The van der Waals surface area contributed by atoms with Gasteiger partial charge < -0.3 is 14.2 Å². The quantitative estimate of drug-likeness (QED) is 0.0200. The topological polar surface area (TPSA) is 78.9 Å². The predicted octanol–water partition coefficient (Wildman–Crippen LogP) is 16.7. The van der Waals surface area contributed by atoms with Gasteiger partial charge >= 0.3 is 17.9 Å². The normalized spacial score (nSPS) is 13.8. The van der Waals surface area contributed by atoms with Gasteiger partial charge in [0, 0.05) is 19.3 Å². The van der Waals surface area contributed by atoms with Crippen molar-refractivity contribution >= 4 is 17.9 Å². The van der Waals surface area contributed by atoms with Crippen molar-refractivity contribution in [1.29, 1.82) is 0 Å². The van der Waals surface area contributed by atoms with E-state index >= 15 is 0 Å². The maximum absolute atomic E-state index is 12.8. The first-order chi connectivity index (χ1) is 33.0. The van der Waals surface area contributed by atoms with Crippen LogP contribution in [0.5, 0.6) is 0 Å². The minimum Gasteiger partial charge on any atom is -0.462 e. The number of hydrogen-bond acceptors (Lipinski definition) is 6. The van der Waals surface area contributed by atoms with Crippen LogP contribution in [0.1, 0.15) is 149 Å². The Bertz CT molecular complexity index is 1710. The molecular formula is C61H86O6. The molecule has 1 atom stereocenters. The first-order valence-corrected chi connectivity index (χ1v) is 25.1. The molecule has 0 aliphatic rings. The van der Waals surface area contributed by atoms with Crippen LogP contribution in [-0.4, -0.2) is 37.2 Å². The van der Waals surface area contributed by atoms with Crippen LogP contribution >= 0.6 is 0 Å². The maximum atomic E-state index is 12.8. The van der Waals surface area contributed by atoms with E-state index in [2.05, 4.69) is 87.6 Å². The third kappa shape index (κ3) is 51.1. The fourth-order valence-electron chi connectivity index (χ4n) is 5.68. The lowest BCUT2D eigenvalue weighted by Crippen LogP contribution is -2.30. The van der Waals surface area contributed by atoms with Gasteiger partial charge in [0.05, 0.1) is 0 Å².